The van der Waals surface area contributed by atoms with Crippen molar-refractivity contribution in [3.8, 4) is 0 Å². The van der Waals surface area contributed by atoms with Crippen LogP contribution in [-0.2, 0) is 11.3 Å². The quantitative estimate of drug-likeness (QED) is 0.717. The molecule has 2 aromatic heterocycles. The van der Waals surface area contributed by atoms with E-state index >= 15 is 0 Å². The van der Waals surface area contributed by atoms with Crippen molar-refractivity contribution in [2.75, 3.05) is 0 Å². The van der Waals surface area contributed by atoms with Gasteiger partial charge in [-0.1, -0.05) is 13.8 Å². The molecular formula is C16H20N4O5. The maximum Gasteiger partial charge on any atom is 0.329 e. The van der Waals surface area contributed by atoms with Gasteiger partial charge < -0.3 is 10.4 Å². The highest BCUT2D eigenvalue weighted by atomic mass is 16.4. The van der Waals surface area contributed by atoms with Gasteiger partial charge in [-0.15, -0.1) is 0 Å². The Bertz CT molecular complexity index is 957. The minimum Gasteiger partial charge on any atom is -0.480 e. The Morgan fingerprint density at radius 1 is 1.32 bits per heavy atom. The van der Waals surface area contributed by atoms with Gasteiger partial charge in [-0.25, -0.2) is 9.78 Å². The Kier molecular flexibility index (Phi) is 5.05. The molecule has 9 nitrogen and oxygen atoms in total. The number of carboxylic acid groups (broad SMARTS) is 1. The van der Waals surface area contributed by atoms with Crippen LogP contribution >= 0.6 is 0 Å². The molecule has 2 aromatic rings. The van der Waals surface area contributed by atoms with Crippen molar-refractivity contribution in [1.29, 1.82) is 0 Å². The molecule has 1 amide bonds. The summed E-state index contributed by atoms with van der Waals surface area (Å²) in [5.74, 6) is -1.97. The zero-order valence-corrected chi connectivity index (χ0v) is 14.4. The third-order valence-corrected chi connectivity index (χ3v) is 3.84. The molecule has 134 valence electrons. The summed E-state index contributed by atoms with van der Waals surface area (Å²) in [5.41, 5.74) is -0.729. The first-order valence-electron chi connectivity index (χ1n) is 7.88. The van der Waals surface area contributed by atoms with Gasteiger partial charge in [-0.3, -0.25) is 23.9 Å². The van der Waals surface area contributed by atoms with E-state index < -0.39 is 29.2 Å². The first-order chi connectivity index (χ1) is 11.7. The van der Waals surface area contributed by atoms with Crippen molar-refractivity contribution in [2.45, 2.75) is 46.2 Å². The van der Waals surface area contributed by atoms with Crippen LogP contribution in [0.4, 0.5) is 0 Å². The molecule has 3 N–H and O–H groups in total. The van der Waals surface area contributed by atoms with Crippen LogP contribution in [0.3, 0.4) is 0 Å². The Morgan fingerprint density at radius 3 is 2.48 bits per heavy atom. The fraction of sp³-hybridized carbons (Fsp3) is 0.438. The van der Waals surface area contributed by atoms with Crippen LogP contribution in [0.1, 0.15) is 49.7 Å². The summed E-state index contributed by atoms with van der Waals surface area (Å²) < 4.78 is 1.26. The van der Waals surface area contributed by atoms with Gasteiger partial charge in [0.15, 0.2) is 5.65 Å². The molecule has 0 aliphatic rings. The van der Waals surface area contributed by atoms with E-state index in [0.717, 1.165) is 0 Å². The van der Waals surface area contributed by atoms with Crippen molar-refractivity contribution < 1.29 is 14.7 Å². The largest absolute Gasteiger partial charge is 0.480 e. The normalized spacial score (nSPS) is 12.4. The number of nitrogens with one attached hydrogen (secondary N) is 2. The number of carbonyl (C=O) groups excluding carboxylic acids is 1. The number of amides is 1. The third kappa shape index (κ3) is 3.44. The van der Waals surface area contributed by atoms with Crippen molar-refractivity contribution in [3.63, 3.8) is 0 Å². The number of carboxylic acids is 1. The number of aromatic amines is 1. The van der Waals surface area contributed by atoms with Crippen molar-refractivity contribution in [3.05, 3.63) is 38.2 Å². The molecule has 2 heterocycles. The second-order valence-electron chi connectivity index (χ2n) is 5.98. The summed E-state index contributed by atoms with van der Waals surface area (Å²) in [5, 5.41) is 11.3. The lowest BCUT2D eigenvalue weighted by molar-refractivity contribution is -0.138. The second kappa shape index (κ2) is 6.88. The SMILES string of the molecule is CCn1c(=O)[nH]c(=O)c2c(C(=O)N[C@@H](C)C(=O)O)cc(C(C)C)nc21. The maximum atomic E-state index is 12.5. The van der Waals surface area contributed by atoms with Crippen molar-refractivity contribution in [2.24, 2.45) is 0 Å². The van der Waals surface area contributed by atoms with Crippen LogP contribution in [-0.4, -0.2) is 37.6 Å². The number of rotatable bonds is 5. The number of hydrogen-bond donors (Lipinski definition) is 3. The number of nitrogens with zero attached hydrogens (tertiary/aromatic N) is 2. The van der Waals surface area contributed by atoms with Crippen LogP contribution in [0, 0.1) is 0 Å². The lowest BCUT2D eigenvalue weighted by Gasteiger charge is -2.15. The molecule has 0 aliphatic carbocycles. The van der Waals surface area contributed by atoms with E-state index in [4.69, 9.17) is 5.11 Å². The number of H-pyrrole nitrogens is 1. The Hall–Kier alpha value is -2.97. The van der Waals surface area contributed by atoms with Gasteiger partial charge in [0.1, 0.15) is 6.04 Å². The predicted molar refractivity (Wildman–Crippen MR) is 91.0 cm³/mol. The molecule has 0 aromatic carbocycles. The van der Waals surface area contributed by atoms with E-state index in [9.17, 15) is 19.2 Å². The Labute approximate surface area is 142 Å². The van der Waals surface area contributed by atoms with Crippen LogP contribution < -0.4 is 16.6 Å². The van der Waals surface area contributed by atoms with Crippen molar-refractivity contribution >= 4 is 22.9 Å². The number of aliphatic carboxylic acids is 1. The molecule has 0 saturated heterocycles. The number of pyridine rings is 1. The molecule has 1 atom stereocenters. The topological polar surface area (TPSA) is 134 Å². The molecular weight excluding hydrogens is 328 g/mol. The fourth-order valence-electron chi connectivity index (χ4n) is 2.40. The van der Waals surface area contributed by atoms with Gasteiger partial charge in [0.25, 0.3) is 11.5 Å². The summed E-state index contributed by atoms with van der Waals surface area (Å²) in [7, 11) is 0. The van der Waals surface area contributed by atoms with Gasteiger partial charge >= 0.3 is 11.7 Å². The van der Waals surface area contributed by atoms with Gasteiger partial charge in [-0.2, -0.15) is 0 Å². The number of fused-ring (bicyclic) bond motifs is 1. The highest BCUT2D eigenvalue weighted by Gasteiger charge is 2.22. The predicted octanol–water partition coefficient (Wildman–Crippen LogP) is 0.431. The van der Waals surface area contributed by atoms with Crippen LogP contribution in [0.25, 0.3) is 11.0 Å². The summed E-state index contributed by atoms with van der Waals surface area (Å²) in [4.78, 5) is 54.4. The molecule has 0 spiro atoms. The average Bonchev–Trinajstić information content (AvgIpc) is 2.53. The fourth-order valence-corrected chi connectivity index (χ4v) is 2.40. The number of carbonyl (C=O) groups is 2. The molecule has 0 bridgehead atoms. The van der Waals surface area contributed by atoms with E-state index in [2.05, 4.69) is 15.3 Å². The summed E-state index contributed by atoms with van der Waals surface area (Å²) in [6, 6.07) is 0.325. The minimum absolute atomic E-state index is 0.00903. The lowest BCUT2D eigenvalue weighted by atomic mass is 10.0. The van der Waals surface area contributed by atoms with Gasteiger partial charge in [0.05, 0.1) is 10.9 Å². The van der Waals surface area contributed by atoms with Crippen LogP contribution in [0.15, 0.2) is 15.7 Å². The maximum absolute atomic E-state index is 12.5. The van der Waals surface area contributed by atoms with E-state index in [0.29, 0.717) is 5.69 Å². The highest BCUT2D eigenvalue weighted by molar-refractivity contribution is 6.06. The van der Waals surface area contributed by atoms with Crippen LogP contribution in [0.5, 0.6) is 0 Å². The molecule has 0 saturated carbocycles. The van der Waals surface area contributed by atoms with Gasteiger partial charge in [0.2, 0.25) is 0 Å². The molecule has 2 rings (SSSR count). The first kappa shape index (κ1) is 18.4. The standard InChI is InChI=1S/C16H20N4O5/c1-5-20-12-11(14(22)19-16(20)25)9(6-10(18-12)7(2)3)13(21)17-8(4)15(23)24/h6-8H,5H2,1-4H3,(H,17,21)(H,23,24)(H,19,22,25)/t8-/m0/s1. The number of aryl methyl sites for hydroxylation is 1. The second-order valence-corrected chi connectivity index (χ2v) is 5.98. The summed E-state index contributed by atoms with van der Waals surface area (Å²) in [6.07, 6.45) is 0. The van der Waals surface area contributed by atoms with Gasteiger partial charge in [-0.05, 0) is 25.8 Å². The summed E-state index contributed by atoms with van der Waals surface area (Å²) in [6.45, 7) is 7.01. The van der Waals surface area contributed by atoms with Crippen LogP contribution in [0.2, 0.25) is 0 Å². The van der Waals surface area contributed by atoms with E-state index in [1.807, 2.05) is 13.8 Å². The lowest BCUT2D eigenvalue weighted by Crippen LogP contribution is -2.39. The Balaban J connectivity index is 2.82. The molecule has 0 fully saturated rings. The zero-order chi connectivity index (χ0) is 18.9. The third-order valence-electron chi connectivity index (χ3n) is 3.84. The van der Waals surface area contributed by atoms with E-state index in [1.54, 1.807) is 6.92 Å². The van der Waals surface area contributed by atoms with Crippen molar-refractivity contribution in [1.82, 2.24) is 19.9 Å². The monoisotopic (exact) mass is 348 g/mol. The first-order valence-corrected chi connectivity index (χ1v) is 7.88. The van der Waals surface area contributed by atoms with E-state index in [1.165, 1.54) is 17.6 Å². The summed E-state index contributed by atoms with van der Waals surface area (Å²) >= 11 is 0. The number of hydrogen-bond acceptors (Lipinski definition) is 5. The smallest absolute Gasteiger partial charge is 0.329 e. The Morgan fingerprint density at radius 2 is 1.96 bits per heavy atom. The molecule has 9 heteroatoms. The molecule has 0 unspecified atom stereocenters. The highest BCUT2D eigenvalue weighted by Crippen LogP contribution is 2.19. The average molecular weight is 348 g/mol. The minimum atomic E-state index is -1.20. The zero-order valence-electron chi connectivity index (χ0n) is 14.4. The number of aromatic nitrogens is 3. The molecule has 0 radical (unpaired) electrons. The van der Waals surface area contributed by atoms with E-state index in [-0.39, 0.29) is 29.1 Å². The van der Waals surface area contributed by atoms with Gasteiger partial charge in [0, 0.05) is 12.2 Å². The molecule has 25 heavy (non-hydrogen) atoms. The molecule has 0 aliphatic heterocycles.